The Morgan fingerprint density at radius 3 is 1.88 bits per heavy atom. The lowest BCUT2D eigenvalue weighted by molar-refractivity contribution is 0.0429. The van der Waals surface area contributed by atoms with Crippen molar-refractivity contribution in [2.45, 2.75) is 66.1 Å². The Kier molecular flexibility index (Phi) is 6.22. The number of carbonyl (C=O) groups is 2. The van der Waals surface area contributed by atoms with E-state index < -0.39 is 23.4 Å². The van der Waals surface area contributed by atoms with Crippen LogP contribution >= 0.6 is 11.6 Å². The number of ether oxygens (including phenoxy) is 2. The molecule has 0 aliphatic rings. The van der Waals surface area contributed by atoms with Crippen molar-refractivity contribution in [3.63, 3.8) is 0 Å². The molecule has 1 heterocycles. The number of aryl methyl sites for hydroxylation is 1. The lowest BCUT2D eigenvalue weighted by atomic mass is 10.2. The Balaban J connectivity index is 3.30. The van der Waals surface area contributed by atoms with Crippen molar-refractivity contribution in [1.82, 2.24) is 4.98 Å². The van der Waals surface area contributed by atoms with Gasteiger partial charge < -0.3 is 9.47 Å². The minimum Gasteiger partial charge on any atom is -0.443 e. The zero-order chi connectivity index (χ0) is 18.7. The SMILES string of the molecule is CCc1cc(Cl)cc(N(C(=O)OC(C)(C)C)C(=O)OC(C)(C)C)n1. The zero-order valence-corrected chi connectivity index (χ0v) is 16.0. The van der Waals surface area contributed by atoms with E-state index >= 15 is 0 Å². The highest BCUT2D eigenvalue weighted by Gasteiger charge is 2.33. The van der Waals surface area contributed by atoms with Crippen LogP contribution < -0.4 is 4.90 Å². The highest BCUT2D eigenvalue weighted by molar-refractivity contribution is 6.31. The molecule has 0 radical (unpaired) electrons. The second kappa shape index (κ2) is 7.38. The van der Waals surface area contributed by atoms with Gasteiger partial charge in [0.1, 0.15) is 11.2 Å². The Labute approximate surface area is 148 Å². The Morgan fingerprint density at radius 1 is 1.04 bits per heavy atom. The van der Waals surface area contributed by atoms with Crippen LogP contribution in [0.4, 0.5) is 15.4 Å². The van der Waals surface area contributed by atoms with Crippen molar-refractivity contribution < 1.29 is 19.1 Å². The van der Waals surface area contributed by atoms with Crippen molar-refractivity contribution in [3.05, 3.63) is 22.8 Å². The molecule has 0 saturated carbocycles. The van der Waals surface area contributed by atoms with E-state index in [1.165, 1.54) is 6.07 Å². The molecular formula is C17H25ClN2O4. The van der Waals surface area contributed by atoms with Crippen LogP contribution in [-0.4, -0.2) is 28.4 Å². The van der Waals surface area contributed by atoms with E-state index in [0.717, 1.165) is 4.90 Å². The van der Waals surface area contributed by atoms with Crippen molar-refractivity contribution >= 4 is 29.6 Å². The van der Waals surface area contributed by atoms with E-state index in [1.807, 2.05) is 6.92 Å². The number of pyridine rings is 1. The van der Waals surface area contributed by atoms with Gasteiger partial charge in [-0.3, -0.25) is 0 Å². The molecule has 1 rings (SSSR count). The third-order valence-electron chi connectivity index (χ3n) is 2.57. The summed E-state index contributed by atoms with van der Waals surface area (Å²) < 4.78 is 10.6. The monoisotopic (exact) mass is 356 g/mol. The van der Waals surface area contributed by atoms with Crippen molar-refractivity contribution in [2.24, 2.45) is 0 Å². The van der Waals surface area contributed by atoms with Crippen LogP contribution in [0.1, 0.15) is 54.2 Å². The molecule has 0 aliphatic heterocycles. The van der Waals surface area contributed by atoms with Crippen molar-refractivity contribution in [2.75, 3.05) is 4.90 Å². The van der Waals surface area contributed by atoms with Gasteiger partial charge in [0.2, 0.25) is 0 Å². The average molecular weight is 357 g/mol. The molecule has 1 aromatic heterocycles. The van der Waals surface area contributed by atoms with E-state index in [1.54, 1.807) is 47.6 Å². The minimum atomic E-state index is -0.867. The highest BCUT2D eigenvalue weighted by Crippen LogP contribution is 2.24. The quantitative estimate of drug-likeness (QED) is 0.747. The second-order valence-corrected chi connectivity index (χ2v) is 7.72. The molecule has 0 fully saturated rings. The zero-order valence-electron chi connectivity index (χ0n) is 15.3. The number of aromatic nitrogens is 1. The number of hydrogen-bond donors (Lipinski definition) is 0. The molecule has 0 saturated heterocycles. The van der Waals surface area contributed by atoms with E-state index in [9.17, 15) is 9.59 Å². The first-order valence-corrected chi connectivity index (χ1v) is 8.13. The normalized spacial score (nSPS) is 11.8. The van der Waals surface area contributed by atoms with Crippen LogP contribution in [0.5, 0.6) is 0 Å². The fourth-order valence-corrected chi connectivity index (χ4v) is 1.93. The number of nitrogens with zero attached hydrogens (tertiary/aromatic N) is 2. The van der Waals surface area contributed by atoms with Gasteiger partial charge in [0, 0.05) is 16.8 Å². The van der Waals surface area contributed by atoms with Crippen LogP contribution in [0.25, 0.3) is 0 Å². The predicted molar refractivity (Wildman–Crippen MR) is 93.6 cm³/mol. The van der Waals surface area contributed by atoms with E-state index in [0.29, 0.717) is 17.1 Å². The summed E-state index contributed by atoms with van der Waals surface area (Å²) in [5.74, 6) is 0.0721. The van der Waals surface area contributed by atoms with Gasteiger partial charge >= 0.3 is 12.2 Å². The molecule has 0 aromatic carbocycles. The summed E-state index contributed by atoms with van der Waals surface area (Å²) in [6.45, 7) is 12.2. The van der Waals surface area contributed by atoms with Gasteiger partial charge in [0.25, 0.3) is 0 Å². The van der Waals surface area contributed by atoms with Crippen LogP contribution in [0.2, 0.25) is 5.02 Å². The number of rotatable bonds is 2. The molecule has 24 heavy (non-hydrogen) atoms. The van der Waals surface area contributed by atoms with Crippen molar-refractivity contribution in [1.29, 1.82) is 0 Å². The molecule has 1 aromatic rings. The van der Waals surface area contributed by atoms with Gasteiger partial charge in [0.15, 0.2) is 5.82 Å². The van der Waals surface area contributed by atoms with Crippen LogP contribution in [0.15, 0.2) is 12.1 Å². The summed E-state index contributed by atoms with van der Waals surface area (Å²) in [5.41, 5.74) is -0.901. The molecule has 2 amide bonds. The molecule has 6 nitrogen and oxygen atoms in total. The van der Waals surface area contributed by atoms with Gasteiger partial charge in [-0.15, -0.1) is 0 Å². The van der Waals surface area contributed by atoms with Crippen LogP contribution in [-0.2, 0) is 15.9 Å². The summed E-state index contributed by atoms with van der Waals surface area (Å²) in [4.78, 5) is 30.1. The molecular weight excluding hydrogens is 332 g/mol. The molecule has 0 N–H and O–H groups in total. The first kappa shape index (κ1) is 20.2. The topological polar surface area (TPSA) is 68.7 Å². The number of amides is 2. The number of carbonyl (C=O) groups excluding carboxylic acids is 2. The van der Waals surface area contributed by atoms with E-state index in [-0.39, 0.29) is 5.82 Å². The second-order valence-electron chi connectivity index (χ2n) is 7.28. The average Bonchev–Trinajstić information content (AvgIpc) is 2.33. The smallest absolute Gasteiger partial charge is 0.425 e. The van der Waals surface area contributed by atoms with Gasteiger partial charge in [0.05, 0.1) is 0 Å². The summed E-state index contributed by atoms with van der Waals surface area (Å²) in [7, 11) is 0. The predicted octanol–water partition coefficient (Wildman–Crippen LogP) is 4.97. The maximum Gasteiger partial charge on any atom is 0.425 e. The van der Waals surface area contributed by atoms with Gasteiger partial charge in [-0.05, 0) is 54.0 Å². The Hall–Kier alpha value is -1.82. The maximum atomic E-state index is 12.5. The lowest BCUT2D eigenvalue weighted by Gasteiger charge is -2.28. The first-order valence-electron chi connectivity index (χ1n) is 7.75. The molecule has 7 heteroatoms. The Bertz CT molecular complexity index is 590. The Morgan fingerprint density at radius 2 is 1.50 bits per heavy atom. The highest BCUT2D eigenvalue weighted by atomic mass is 35.5. The van der Waals surface area contributed by atoms with Gasteiger partial charge in [-0.25, -0.2) is 14.6 Å². The van der Waals surface area contributed by atoms with Gasteiger partial charge in [-0.1, -0.05) is 18.5 Å². The molecule has 0 unspecified atom stereocenters. The summed E-state index contributed by atoms with van der Waals surface area (Å²) >= 11 is 6.08. The van der Waals surface area contributed by atoms with E-state index in [2.05, 4.69) is 4.98 Å². The summed E-state index contributed by atoms with van der Waals surface area (Å²) in [5, 5.41) is 0.369. The molecule has 0 atom stereocenters. The van der Waals surface area contributed by atoms with Crippen LogP contribution in [0.3, 0.4) is 0 Å². The van der Waals surface area contributed by atoms with E-state index in [4.69, 9.17) is 21.1 Å². The molecule has 134 valence electrons. The standard InChI is InChI=1S/C17H25ClN2O4/c1-8-12-9-11(18)10-13(19-12)20(14(21)23-16(2,3)4)15(22)24-17(5,6)7/h9-10H,8H2,1-7H3. The number of hydrogen-bond acceptors (Lipinski definition) is 5. The fourth-order valence-electron chi connectivity index (χ4n) is 1.71. The van der Waals surface area contributed by atoms with Crippen LogP contribution in [0, 0.1) is 0 Å². The van der Waals surface area contributed by atoms with Crippen molar-refractivity contribution in [3.8, 4) is 0 Å². The number of anilines is 1. The summed E-state index contributed by atoms with van der Waals surface area (Å²) in [6, 6.07) is 3.10. The fraction of sp³-hybridized carbons (Fsp3) is 0.588. The maximum absolute atomic E-state index is 12.5. The van der Waals surface area contributed by atoms with Gasteiger partial charge in [-0.2, -0.15) is 4.90 Å². The summed E-state index contributed by atoms with van der Waals surface area (Å²) in [6.07, 6.45) is -1.13. The lowest BCUT2D eigenvalue weighted by Crippen LogP contribution is -2.44. The third-order valence-corrected chi connectivity index (χ3v) is 2.79. The number of imide groups is 1. The first-order chi connectivity index (χ1) is 10.8. The number of halogens is 1. The molecule has 0 bridgehead atoms. The largest absolute Gasteiger partial charge is 0.443 e. The molecule has 0 spiro atoms. The molecule has 0 aliphatic carbocycles. The third kappa shape index (κ3) is 6.35. The minimum absolute atomic E-state index is 0.0721.